The number of Topliss-reactive ketones (excluding diaryl/α,β-unsaturated/α-hetero) is 1. The first-order chi connectivity index (χ1) is 9.63. The number of hydrogen-bond donors (Lipinski definition) is 1. The second-order valence-electron chi connectivity index (χ2n) is 5.05. The lowest BCUT2D eigenvalue weighted by atomic mass is 9.93. The van der Waals surface area contributed by atoms with Crippen LogP contribution < -0.4 is 5.32 Å². The molecule has 2 unspecified atom stereocenters. The summed E-state index contributed by atoms with van der Waals surface area (Å²) in [7, 11) is 0. The number of hydrogen-bond acceptors (Lipinski definition) is 3. The van der Waals surface area contributed by atoms with E-state index in [1.54, 1.807) is 18.2 Å². The fourth-order valence-electron chi connectivity index (χ4n) is 2.41. The van der Waals surface area contributed by atoms with Crippen LogP contribution in [-0.4, -0.2) is 31.6 Å². The highest BCUT2D eigenvalue weighted by Gasteiger charge is 2.33. The van der Waals surface area contributed by atoms with E-state index < -0.39 is 0 Å². The van der Waals surface area contributed by atoms with Crippen molar-refractivity contribution in [2.24, 2.45) is 5.92 Å². The Labute approximate surface area is 129 Å². The molecule has 1 aromatic carbocycles. The number of ketones is 1. The molecular weight excluding hydrogens is 297 g/mol. The maximum absolute atomic E-state index is 12.5. The predicted molar refractivity (Wildman–Crippen MR) is 81.6 cm³/mol. The highest BCUT2D eigenvalue weighted by atomic mass is 35.5. The van der Waals surface area contributed by atoms with Gasteiger partial charge in [0.15, 0.2) is 0 Å². The van der Waals surface area contributed by atoms with Crippen molar-refractivity contribution < 1.29 is 9.53 Å². The largest absolute Gasteiger partial charge is 0.379 e. The normalized spacial score (nSPS) is 22.1. The van der Waals surface area contributed by atoms with Crippen molar-refractivity contribution in [1.29, 1.82) is 0 Å². The number of ether oxygens (including phenoxy) is 1. The van der Waals surface area contributed by atoms with Gasteiger partial charge in [-0.25, -0.2) is 0 Å². The SMILES string of the molecule is CCCNC1COCC1C(=O)Cc1c(Cl)cccc1Cl. The van der Waals surface area contributed by atoms with Gasteiger partial charge in [-0.15, -0.1) is 0 Å². The van der Waals surface area contributed by atoms with Gasteiger partial charge in [0.05, 0.1) is 19.1 Å². The van der Waals surface area contributed by atoms with E-state index >= 15 is 0 Å². The van der Waals surface area contributed by atoms with Crippen LogP contribution in [0.3, 0.4) is 0 Å². The molecule has 1 aliphatic rings. The Bertz CT molecular complexity index is 459. The van der Waals surface area contributed by atoms with E-state index in [0.29, 0.717) is 28.8 Å². The molecule has 0 saturated carbocycles. The van der Waals surface area contributed by atoms with Crippen molar-refractivity contribution in [1.82, 2.24) is 5.32 Å². The molecule has 0 bridgehead atoms. The van der Waals surface area contributed by atoms with E-state index in [9.17, 15) is 4.79 Å². The van der Waals surface area contributed by atoms with Gasteiger partial charge in [0, 0.05) is 22.5 Å². The van der Waals surface area contributed by atoms with Gasteiger partial charge >= 0.3 is 0 Å². The molecule has 2 atom stereocenters. The summed E-state index contributed by atoms with van der Waals surface area (Å²) in [5.41, 5.74) is 0.710. The lowest BCUT2D eigenvalue weighted by Gasteiger charge is -2.18. The Kier molecular flexibility index (Phi) is 5.85. The molecular formula is C15H19Cl2NO2. The highest BCUT2D eigenvalue weighted by Crippen LogP contribution is 2.27. The lowest BCUT2D eigenvalue weighted by molar-refractivity contribution is -0.122. The summed E-state index contributed by atoms with van der Waals surface area (Å²) in [5, 5.41) is 4.45. The van der Waals surface area contributed by atoms with Crippen molar-refractivity contribution in [3.63, 3.8) is 0 Å². The van der Waals surface area contributed by atoms with Gasteiger partial charge < -0.3 is 10.1 Å². The zero-order valence-corrected chi connectivity index (χ0v) is 13.0. The van der Waals surface area contributed by atoms with E-state index in [0.717, 1.165) is 13.0 Å². The molecule has 110 valence electrons. The summed E-state index contributed by atoms with van der Waals surface area (Å²) in [6, 6.07) is 5.40. The standard InChI is InChI=1S/C15H19Cl2NO2/c1-2-6-18-14-9-20-8-11(14)15(19)7-10-12(16)4-3-5-13(10)17/h3-5,11,14,18H,2,6-9H2,1H3. The third kappa shape index (κ3) is 3.73. The van der Waals surface area contributed by atoms with Crippen LogP contribution in [0, 0.1) is 5.92 Å². The summed E-state index contributed by atoms with van der Waals surface area (Å²) in [4.78, 5) is 12.5. The zero-order chi connectivity index (χ0) is 14.5. The molecule has 1 aliphatic heterocycles. The molecule has 1 fully saturated rings. The molecule has 20 heavy (non-hydrogen) atoms. The Morgan fingerprint density at radius 3 is 2.70 bits per heavy atom. The van der Waals surface area contributed by atoms with Gasteiger partial charge in [0.2, 0.25) is 0 Å². The van der Waals surface area contributed by atoms with Crippen LogP contribution in [0.15, 0.2) is 18.2 Å². The number of rotatable bonds is 6. The lowest BCUT2D eigenvalue weighted by Crippen LogP contribution is -2.40. The van der Waals surface area contributed by atoms with Crippen LogP contribution in [-0.2, 0) is 16.0 Å². The molecule has 1 saturated heterocycles. The topological polar surface area (TPSA) is 38.3 Å². The van der Waals surface area contributed by atoms with Gasteiger partial charge in [0.25, 0.3) is 0 Å². The van der Waals surface area contributed by atoms with Gasteiger partial charge in [-0.2, -0.15) is 0 Å². The van der Waals surface area contributed by atoms with Crippen molar-refractivity contribution in [3.05, 3.63) is 33.8 Å². The molecule has 0 aromatic heterocycles. The van der Waals surface area contributed by atoms with Crippen LogP contribution in [0.25, 0.3) is 0 Å². The van der Waals surface area contributed by atoms with Crippen LogP contribution in [0.2, 0.25) is 10.0 Å². The molecule has 0 amide bonds. The second kappa shape index (κ2) is 7.41. The first-order valence-corrected chi connectivity index (χ1v) is 7.65. The minimum Gasteiger partial charge on any atom is -0.379 e. The van der Waals surface area contributed by atoms with Crippen molar-refractivity contribution in [3.8, 4) is 0 Å². The summed E-state index contributed by atoms with van der Waals surface area (Å²) < 4.78 is 5.44. The monoisotopic (exact) mass is 315 g/mol. The van der Waals surface area contributed by atoms with Crippen LogP contribution in [0.1, 0.15) is 18.9 Å². The maximum Gasteiger partial charge on any atom is 0.144 e. The van der Waals surface area contributed by atoms with E-state index in [1.807, 2.05) is 0 Å². The molecule has 3 nitrogen and oxygen atoms in total. The van der Waals surface area contributed by atoms with Gasteiger partial charge in [0.1, 0.15) is 5.78 Å². The predicted octanol–water partition coefficient (Wildman–Crippen LogP) is 3.12. The van der Waals surface area contributed by atoms with Crippen LogP contribution >= 0.6 is 23.2 Å². The Morgan fingerprint density at radius 2 is 2.05 bits per heavy atom. The Hall–Kier alpha value is -0.610. The number of benzene rings is 1. The molecule has 1 N–H and O–H groups in total. The second-order valence-corrected chi connectivity index (χ2v) is 5.86. The van der Waals surface area contributed by atoms with Gasteiger partial charge in [-0.05, 0) is 30.7 Å². The average Bonchev–Trinajstić information content (AvgIpc) is 2.89. The van der Waals surface area contributed by atoms with E-state index in [-0.39, 0.29) is 24.2 Å². The number of halogens is 2. The van der Waals surface area contributed by atoms with Crippen LogP contribution in [0.5, 0.6) is 0 Å². The summed E-state index contributed by atoms with van der Waals surface area (Å²) in [6.45, 7) is 4.06. The Balaban J connectivity index is 2.04. The summed E-state index contributed by atoms with van der Waals surface area (Å²) >= 11 is 12.2. The highest BCUT2D eigenvalue weighted by molar-refractivity contribution is 6.36. The molecule has 1 heterocycles. The van der Waals surface area contributed by atoms with Crippen molar-refractivity contribution in [2.45, 2.75) is 25.8 Å². The first kappa shape index (κ1) is 15.8. The first-order valence-electron chi connectivity index (χ1n) is 6.90. The number of nitrogens with one attached hydrogen (secondary N) is 1. The average molecular weight is 316 g/mol. The maximum atomic E-state index is 12.5. The minimum atomic E-state index is -0.117. The van der Waals surface area contributed by atoms with Crippen LogP contribution in [0.4, 0.5) is 0 Å². The Morgan fingerprint density at radius 1 is 1.35 bits per heavy atom. The van der Waals surface area contributed by atoms with Crippen molar-refractivity contribution in [2.75, 3.05) is 19.8 Å². The summed E-state index contributed by atoms with van der Waals surface area (Å²) in [6.07, 6.45) is 1.30. The molecule has 5 heteroatoms. The molecule has 1 aromatic rings. The zero-order valence-electron chi connectivity index (χ0n) is 11.5. The third-order valence-electron chi connectivity index (χ3n) is 3.56. The molecule has 0 aliphatic carbocycles. The minimum absolute atomic E-state index is 0.101. The van der Waals surface area contributed by atoms with E-state index in [2.05, 4.69) is 12.2 Å². The van der Waals surface area contributed by atoms with E-state index in [4.69, 9.17) is 27.9 Å². The van der Waals surface area contributed by atoms with Gasteiger partial charge in [-0.3, -0.25) is 4.79 Å². The van der Waals surface area contributed by atoms with Crippen molar-refractivity contribution >= 4 is 29.0 Å². The van der Waals surface area contributed by atoms with Gasteiger partial charge in [-0.1, -0.05) is 36.2 Å². The molecule has 2 rings (SSSR count). The number of carbonyl (C=O) groups is 1. The fourth-order valence-corrected chi connectivity index (χ4v) is 2.94. The summed E-state index contributed by atoms with van der Waals surface area (Å²) in [5.74, 6) is 0.0139. The third-order valence-corrected chi connectivity index (χ3v) is 4.27. The fraction of sp³-hybridized carbons (Fsp3) is 0.533. The smallest absolute Gasteiger partial charge is 0.144 e. The molecule has 0 radical (unpaired) electrons. The van der Waals surface area contributed by atoms with E-state index in [1.165, 1.54) is 0 Å². The quantitative estimate of drug-likeness (QED) is 0.876. The number of carbonyl (C=O) groups excluding carboxylic acids is 1. The molecule has 0 spiro atoms.